The zero-order chi connectivity index (χ0) is 26.5. The second-order valence-electron chi connectivity index (χ2n) is 9.68. The molecule has 1 atom stereocenters. The smallest absolute Gasteiger partial charge is 0.244 e. The molecule has 2 aromatic carbocycles. The van der Waals surface area contributed by atoms with E-state index in [1.807, 2.05) is 31.2 Å². The Morgan fingerprint density at radius 3 is 2.39 bits per heavy atom. The van der Waals surface area contributed by atoms with Crippen LogP contribution in [-0.2, 0) is 26.2 Å². The summed E-state index contributed by atoms with van der Waals surface area (Å²) >= 11 is 6.24. The van der Waals surface area contributed by atoms with E-state index in [-0.39, 0.29) is 18.5 Å². The Balaban J connectivity index is 1.90. The van der Waals surface area contributed by atoms with Crippen LogP contribution in [-0.4, -0.2) is 50.0 Å². The first-order chi connectivity index (χ1) is 17.0. The van der Waals surface area contributed by atoms with Gasteiger partial charge >= 0.3 is 0 Å². The number of hydrogen-bond donors (Lipinski definition) is 1. The fourth-order valence-electron chi connectivity index (χ4n) is 4.62. The number of carbonyl (C=O) groups is 2. The number of nitrogens with zero attached hydrogens (tertiary/aromatic N) is 2. The Morgan fingerprint density at radius 2 is 1.75 bits per heavy atom. The van der Waals surface area contributed by atoms with Crippen LogP contribution in [0, 0.1) is 13.8 Å². The maximum absolute atomic E-state index is 13.7. The van der Waals surface area contributed by atoms with Crippen LogP contribution in [0.2, 0.25) is 5.02 Å². The van der Waals surface area contributed by atoms with E-state index in [2.05, 4.69) is 5.32 Å². The highest BCUT2D eigenvalue weighted by Crippen LogP contribution is 2.28. The highest BCUT2D eigenvalue weighted by Gasteiger charge is 2.31. The molecule has 36 heavy (non-hydrogen) atoms. The van der Waals surface area contributed by atoms with Crippen molar-refractivity contribution in [3.63, 3.8) is 0 Å². The van der Waals surface area contributed by atoms with E-state index in [9.17, 15) is 18.0 Å². The quantitative estimate of drug-likeness (QED) is 0.511. The molecule has 1 saturated carbocycles. The largest absolute Gasteiger partial charge is 0.352 e. The van der Waals surface area contributed by atoms with Crippen molar-refractivity contribution >= 4 is 39.1 Å². The van der Waals surface area contributed by atoms with Gasteiger partial charge in [-0.05, 0) is 56.9 Å². The molecular weight excluding hydrogens is 498 g/mol. The number of anilines is 1. The average molecular weight is 534 g/mol. The molecule has 0 spiro atoms. The van der Waals surface area contributed by atoms with Crippen LogP contribution < -0.4 is 9.62 Å². The molecule has 0 saturated heterocycles. The van der Waals surface area contributed by atoms with Crippen molar-refractivity contribution in [3.8, 4) is 0 Å². The number of sulfonamides is 1. The first-order valence-electron chi connectivity index (χ1n) is 12.4. The molecule has 1 fully saturated rings. The molecule has 9 heteroatoms. The number of hydrogen-bond acceptors (Lipinski definition) is 4. The van der Waals surface area contributed by atoms with Gasteiger partial charge in [0.1, 0.15) is 12.6 Å². The first-order valence-corrected chi connectivity index (χ1v) is 14.6. The van der Waals surface area contributed by atoms with Crippen molar-refractivity contribution in [3.05, 3.63) is 64.2 Å². The maximum atomic E-state index is 13.7. The van der Waals surface area contributed by atoms with E-state index in [0.29, 0.717) is 16.3 Å². The van der Waals surface area contributed by atoms with Gasteiger partial charge < -0.3 is 10.2 Å². The molecule has 2 aromatic rings. The monoisotopic (exact) mass is 533 g/mol. The lowest BCUT2D eigenvalue weighted by Crippen LogP contribution is -2.53. The van der Waals surface area contributed by atoms with E-state index >= 15 is 0 Å². The van der Waals surface area contributed by atoms with E-state index in [0.717, 1.165) is 47.4 Å². The van der Waals surface area contributed by atoms with Gasteiger partial charge in [0.25, 0.3) is 0 Å². The molecule has 3 rings (SSSR count). The molecule has 1 aliphatic rings. The summed E-state index contributed by atoms with van der Waals surface area (Å²) in [5.74, 6) is -0.694. The Hall–Kier alpha value is -2.58. The van der Waals surface area contributed by atoms with E-state index in [1.165, 1.54) is 11.3 Å². The molecule has 0 radical (unpaired) electrons. The lowest BCUT2D eigenvalue weighted by Gasteiger charge is -2.33. The van der Waals surface area contributed by atoms with E-state index in [4.69, 9.17) is 11.6 Å². The Labute approximate surface area is 219 Å². The minimum Gasteiger partial charge on any atom is -0.352 e. The van der Waals surface area contributed by atoms with Gasteiger partial charge in [0.15, 0.2) is 0 Å². The first kappa shape index (κ1) is 28.0. The second-order valence-corrected chi connectivity index (χ2v) is 12.0. The summed E-state index contributed by atoms with van der Waals surface area (Å²) in [4.78, 5) is 28.4. The standard InChI is InChI=1S/C27H36ClN3O4S/c1-19-10-8-11-22(16-19)17-30(21(3)27(33)29-23-12-6-5-7-13-23)26(32)18-31(36(4,34)35)25-15-9-14-24(28)20(25)2/h8-11,14-16,21,23H,5-7,12-13,17-18H2,1-4H3,(H,29,33). The summed E-state index contributed by atoms with van der Waals surface area (Å²) in [5, 5.41) is 3.51. The van der Waals surface area contributed by atoms with Crippen molar-refractivity contribution in [2.45, 2.75) is 71.5 Å². The summed E-state index contributed by atoms with van der Waals surface area (Å²) in [7, 11) is -3.81. The van der Waals surface area contributed by atoms with Crippen molar-refractivity contribution < 1.29 is 18.0 Å². The molecule has 196 valence electrons. The number of amides is 2. The Morgan fingerprint density at radius 1 is 1.08 bits per heavy atom. The van der Waals surface area contributed by atoms with Gasteiger partial charge in [-0.2, -0.15) is 0 Å². The van der Waals surface area contributed by atoms with Gasteiger partial charge in [-0.3, -0.25) is 13.9 Å². The topological polar surface area (TPSA) is 86.8 Å². The van der Waals surface area contributed by atoms with Crippen LogP contribution in [0.1, 0.15) is 55.7 Å². The zero-order valence-electron chi connectivity index (χ0n) is 21.5. The molecule has 1 unspecified atom stereocenters. The zero-order valence-corrected chi connectivity index (χ0v) is 23.0. The number of benzene rings is 2. The normalized spacial score (nSPS) is 15.2. The third kappa shape index (κ3) is 7.23. The van der Waals surface area contributed by atoms with Crippen LogP contribution in [0.5, 0.6) is 0 Å². The van der Waals surface area contributed by atoms with E-state index < -0.39 is 28.5 Å². The van der Waals surface area contributed by atoms with Crippen molar-refractivity contribution in [1.82, 2.24) is 10.2 Å². The van der Waals surface area contributed by atoms with Gasteiger partial charge in [0, 0.05) is 17.6 Å². The lowest BCUT2D eigenvalue weighted by molar-refractivity contribution is -0.139. The molecule has 7 nitrogen and oxygen atoms in total. The summed E-state index contributed by atoms with van der Waals surface area (Å²) in [6.45, 7) is 5.12. The summed E-state index contributed by atoms with van der Waals surface area (Å²) in [5.41, 5.74) is 2.80. The molecule has 1 aliphatic carbocycles. The van der Waals surface area contributed by atoms with Crippen molar-refractivity contribution in [2.24, 2.45) is 0 Å². The number of aryl methyl sites for hydroxylation is 1. The number of rotatable bonds is 9. The number of carbonyl (C=O) groups excluding carboxylic acids is 2. The van der Waals surface area contributed by atoms with Crippen molar-refractivity contribution in [1.29, 1.82) is 0 Å². The Kier molecular flexibility index (Phi) is 9.41. The summed E-state index contributed by atoms with van der Waals surface area (Å²) < 4.78 is 26.6. The fraction of sp³-hybridized carbons (Fsp3) is 0.481. The molecular formula is C27H36ClN3O4S. The molecule has 0 aliphatic heterocycles. The predicted octanol–water partition coefficient (Wildman–Crippen LogP) is 4.59. The molecule has 0 aromatic heterocycles. The highest BCUT2D eigenvalue weighted by molar-refractivity contribution is 7.92. The van der Waals surface area contributed by atoms with Gasteiger partial charge in [-0.15, -0.1) is 0 Å². The summed E-state index contributed by atoms with van der Waals surface area (Å²) in [6.07, 6.45) is 6.25. The van der Waals surface area contributed by atoms with Gasteiger partial charge in [-0.25, -0.2) is 8.42 Å². The Bertz CT molecular complexity index is 1200. The third-order valence-corrected chi connectivity index (χ3v) is 8.28. The van der Waals surface area contributed by atoms with Crippen LogP contribution >= 0.6 is 11.6 Å². The van der Waals surface area contributed by atoms with Gasteiger partial charge in [0.05, 0.1) is 11.9 Å². The van der Waals surface area contributed by atoms with Crippen LogP contribution in [0.4, 0.5) is 5.69 Å². The number of halogens is 1. The lowest BCUT2D eigenvalue weighted by atomic mass is 9.95. The van der Waals surface area contributed by atoms with Gasteiger partial charge in [0.2, 0.25) is 21.8 Å². The maximum Gasteiger partial charge on any atom is 0.244 e. The molecule has 2 amide bonds. The SMILES string of the molecule is Cc1cccc(CN(C(=O)CN(c2cccc(Cl)c2C)S(C)(=O)=O)C(C)C(=O)NC2CCCCC2)c1. The fourth-order valence-corrected chi connectivity index (χ4v) is 5.69. The minimum absolute atomic E-state index is 0.103. The average Bonchev–Trinajstić information content (AvgIpc) is 2.82. The molecule has 0 heterocycles. The molecule has 1 N–H and O–H groups in total. The van der Waals surface area contributed by atoms with Crippen LogP contribution in [0.25, 0.3) is 0 Å². The molecule has 0 bridgehead atoms. The van der Waals surface area contributed by atoms with Crippen molar-refractivity contribution in [2.75, 3.05) is 17.1 Å². The number of nitrogens with one attached hydrogen (secondary N) is 1. The van der Waals surface area contributed by atoms with Crippen LogP contribution in [0.3, 0.4) is 0 Å². The second kappa shape index (κ2) is 12.1. The van der Waals surface area contributed by atoms with E-state index in [1.54, 1.807) is 32.0 Å². The van der Waals surface area contributed by atoms with Crippen LogP contribution in [0.15, 0.2) is 42.5 Å². The summed E-state index contributed by atoms with van der Waals surface area (Å²) in [6, 6.07) is 12.0. The third-order valence-electron chi connectivity index (χ3n) is 6.74. The minimum atomic E-state index is -3.81. The highest BCUT2D eigenvalue weighted by atomic mass is 35.5. The van der Waals surface area contributed by atoms with Gasteiger partial charge in [-0.1, -0.05) is 66.8 Å². The predicted molar refractivity (Wildman–Crippen MR) is 145 cm³/mol.